The second kappa shape index (κ2) is 3.69. The number of aryl methyl sites for hydroxylation is 1. The van der Waals surface area contributed by atoms with Gasteiger partial charge in [-0.2, -0.15) is 11.3 Å². The molecule has 0 radical (unpaired) electrons. The quantitative estimate of drug-likeness (QED) is 0.743. The topological polar surface area (TPSA) is 63.3 Å². The van der Waals surface area contributed by atoms with Crippen molar-refractivity contribution in [1.82, 2.24) is 0 Å². The summed E-state index contributed by atoms with van der Waals surface area (Å²) in [6.07, 6.45) is 0. The number of rotatable bonds is 3. The summed E-state index contributed by atoms with van der Waals surface area (Å²) in [6, 6.07) is 0. The number of aliphatic carboxylic acids is 1. The van der Waals surface area contributed by atoms with Crippen molar-refractivity contribution < 1.29 is 9.90 Å². The van der Waals surface area contributed by atoms with Gasteiger partial charge in [0.15, 0.2) is 0 Å². The van der Waals surface area contributed by atoms with Crippen LogP contribution in [0.3, 0.4) is 0 Å². The van der Waals surface area contributed by atoms with Crippen molar-refractivity contribution in [2.75, 3.05) is 6.54 Å². The second-order valence-corrected chi connectivity index (χ2v) is 3.38. The Labute approximate surface area is 74.8 Å². The zero-order chi connectivity index (χ0) is 9.14. The van der Waals surface area contributed by atoms with Crippen molar-refractivity contribution in [3.8, 4) is 0 Å². The van der Waals surface area contributed by atoms with Crippen LogP contribution in [-0.4, -0.2) is 17.6 Å². The van der Waals surface area contributed by atoms with Gasteiger partial charge in [-0.1, -0.05) is 0 Å². The first-order chi connectivity index (χ1) is 5.66. The van der Waals surface area contributed by atoms with Gasteiger partial charge in [-0.25, -0.2) is 0 Å². The molecule has 0 saturated carbocycles. The van der Waals surface area contributed by atoms with Crippen LogP contribution in [0.25, 0.3) is 0 Å². The van der Waals surface area contributed by atoms with Gasteiger partial charge in [0.2, 0.25) is 0 Å². The van der Waals surface area contributed by atoms with Gasteiger partial charge >= 0.3 is 5.97 Å². The molecule has 0 spiro atoms. The molecule has 66 valence electrons. The summed E-state index contributed by atoms with van der Waals surface area (Å²) in [7, 11) is 0. The lowest BCUT2D eigenvalue weighted by molar-refractivity contribution is -0.138. The highest BCUT2D eigenvalue weighted by Gasteiger charge is 2.19. The summed E-state index contributed by atoms with van der Waals surface area (Å²) in [5.41, 5.74) is 7.21. The van der Waals surface area contributed by atoms with E-state index >= 15 is 0 Å². The minimum Gasteiger partial charge on any atom is -0.481 e. The van der Waals surface area contributed by atoms with Gasteiger partial charge < -0.3 is 10.8 Å². The molecule has 1 aromatic rings. The molecule has 3 nitrogen and oxygen atoms in total. The standard InChI is InChI=1S/C8H11NO2S/c1-5-3-12-4-7(5)6(2-9)8(10)11/h3-4,6H,2,9H2,1H3,(H,10,11). The first-order valence-corrected chi connectivity index (χ1v) is 4.56. The van der Waals surface area contributed by atoms with Gasteiger partial charge in [0.25, 0.3) is 0 Å². The third-order valence-electron chi connectivity index (χ3n) is 1.80. The normalized spacial score (nSPS) is 12.8. The molecule has 0 aliphatic heterocycles. The van der Waals surface area contributed by atoms with E-state index < -0.39 is 11.9 Å². The van der Waals surface area contributed by atoms with E-state index in [0.29, 0.717) is 0 Å². The lowest BCUT2D eigenvalue weighted by Gasteiger charge is -2.08. The maximum Gasteiger partial charge on any atom is 0.312 e. The summed E-state index contributed by atoms with van der Waals surface area (Å²) in [6.45, 7) is 2.06. The smallest absolute Gasteiger partial charge is 0.312 e. The van der Waals surface area contributed by atoms with E-state index in [1.807, 2.05) is 17.7 Å². The zero-order valence-corrected chi connectivity index (χ0v) is 7.60. The Morgan fingerprint density at radius 3 is 2.75 bits per heavy atom. The Kier molecular flexibility index (Phi) is 2.83. The second-order valence-electron chi connectivity index (χ2n) is 2.64. The molecule has 3 N–H and O–H groups in total. The number of carboxylic acids is 1. The maximum absolute atomic E-state index is 10.7. The van der Waals surface area contributed by atoms with Crippen molar-refractivity contribution in [1.29, 1.82) is 0 Å². The van der Waals surface area contributed by atoms with Crippen molar-refractivity contribution >= 4 is 17.3 Å². The molecule has 12 heavy (non-hydrogen) atoms. The monoisotopic (exact) mass is 185 g/mol. The van der Waals surface area contributed by atoms with Crippen LogP contribution < -0.4 is 5.73 Å². The van der Waals surface area contributed by atoms with Gasteiger partial charge in [-0.15, -0.1) is 0 Å². The van der Waals surface area contributed by atoms with Crippen LogP contribution in [-0.2, 0) is 4.79 Å². The van der Waals surface area contributed by atoms with Gasteiger partial charge in [0, 0.05) is 6.54 Å². The Balaban J connectivity index is 2.94. The molecule has 0 aliphatic carbocycles. The minimum absolute atomic E-state index is 0.160. The van der Waals surface area contributed by atoms with Crippen molar-refractivity contribution in [2.24, 2.45) is 5.73 Å². The number of carboxylic acid groups (broad SMARTS) is 1. The van der Waals surface area contributed by atoms with Crippen LogP contribution in [0, 0.1) is 6.92 Å². The molecular formula is C8H11NO2S. The van der Waals surface area contributed by atoms with Crippen molar-refractivity contribution in [3.05, 3.63) is 21.9 Å². The van der Waals surface area contributed by atoms with Crippen LogP contribution in [0.1, 0.15) is 17.0 Å². The Morgan fingerprint density at radius 2 is 2.42 bits per heavy atom. The van der Waals surface area contributed by atoms with Gasteiger partial charge in [0.1, 0.15) is 0 Å². The van der Waals surface area contributed by atoms with Gasteiger partial charge in [-0.05, 0) is 28.8 Å². The first-order valence-electron chi connectivity index (χ1n) is 3.62. The van der Waals surface area contributed by atoms with Crippen LogP contribution in [0.5, 0.6) is 0 Å². The van der Waals surface area contributed by atoms with E-state index in [1.54, 1.807) is 0 Å². The summed E-state index contributed by atoms with van der Waals surface area (Å²) in [4.78, 5) is 10.7. The Hall–Kier alpha value is -0.870. The fourth-order valence-electron chi connectivity index (χ4n) is 1.09. The van der Waals surface area contributed by atoms with Gasteiger partial charge in [0.05, 0.1) is 5.92 Å². The van der Waals surface area contributed by atoms with Crippen LogP contribution in [0.4, 0.5) is 0 Å². The number of hydrogen-bond acceptors (Lipinski definition) is 3. The predicted octanol–water partition coefficient (Wildman–Crippen LogP) is 1.18. The van der Waals surface area contributed by atoms with Crippen molar-refractivity contribution in [3.63, 3.8) is 0 Å². The molecule has 0 saturated heterocycles. The molecule has 1 aromatic heterocycles. The van der Waals surface area contributed by atoms with E-state index in [0.717, 1.165) is 11.1 Å². The summed E-state index contributed by atoms with van der Waals surface area (Å²) < 4.78 is 0. The lowest BCUT2D eigenvalue weighted by atomic mass is 9.99. The molecule has 0 fully saturated rings. The lowest BCUT2D eigenvalue weighted by Crippen LogP contribution is -2.21. The molecule has 1 unspecified atom stereocenters. The summed E-state index contributed by atoms with van der Waals surface area (Å²) in [5, 5.41) is 12.6. The number of hydrogen-bond donors (Lipinski definition) is 2. The van der Waals surface area contributed by atoms with Gasteiger partial charge in [-0.3, -0.25) is 4.79 Å². The number of nitrogens with two attached hydrogens (primary N) is 1. The Morgan fingerprint density at radius 1 is 1.75 bits per heavy atom. The summed E-state index contributed by atoms with van der Waals surface area (Å²) >= 11 is 1.51. The molecule has 0 bridgehead atoms. The maximum atomic E-state index is 10.7. The fraction of sp³-hybridized carbons (Fsp3) is 0.375. The first kappa shape index (κ1) is 9.22. The number of carbonyl (C=O) groups is 1. The molecule has 4 heteroatoms. The predicted molar refractivity (Wildman–Crippen MR) is 48.5 cm³/mol. The minimum atomic E-state index is -0.848. The molecule has 1 atom stereocenters. The zero-order valence-electron chi connectivity index (χ0n) is 6.78. The van der Waals surface area contributed by atoms with E-state index in [-0.39, 0.29) is 6.54 Å². The highest BCUT2D eigenvalue weighted by Crippen LogP contribution is 2.22. The highest BCUT2D eigenvalue weighted by molar-refractivity contribution is 7.08. The average molecular weight is 185 g/mol. The molecule has 0 amide bonds. The SMILES string of the molecule is Cc1cscc1C(CN)C(=O)O. The highest BCUT2D eigenvalue weighted by atomic mass is 32.1. The molecule has 0 aliphatic rings. The van der Waals surface area contributed by atoms with E-state index in [9.17, 15) is 4.79 Å². The van der Waals surface area contributed by atoms with E-state index in [1.165, 1.54) is 11.3 Å². The third kappa shape index (κ3) is 1.65. The molecule has 1 heterocycles. The Bertz CT molecular complexity index is 282. The summed E-state index contributed by atoms with van der Waals surface area (Å²) in [5.74, 6) is -1.39. The fourth-order valence-corrected chi connectivity index (χ4v) is 1.99. The molecule has 1 rings (SSSR count). The van der Waals surface area contributed by atoms with E-state index in [2.05, 4.69) is 0 Å². The van der Waals surface area contributed by atoms with Crippen LogP contribution in [0.15, 0.2) is 10.8 Å². The average Bonchev–Trinajstić information content (AvgIpc) is 2.38. The third-order valence-corrected chi connectivity index (χ3v) is 2.68. The molecular weight excluding hydrogens is 174 g/mol. The van der Waals surface area contributed by atoms with Crippen LogP contribution >= 0.6 is 11.3 Å². The number of thiophene rings is 1. The van der Waals surface area contributed by atoms with E-state index in [4.69, 9.17) is 10.8 Å². The molecule has 0 aromatic carbocycles. The van der Waals surface area contributed by atoms with Crippen molar-refractivity contribution in [2.45, 2.75) is 12.8 Å². The van der Waals surface area contributed by atoms with Crippen LogP contribution in [0.2, 0.25) is 0 Å². The largest absolute Gasteiger partial charge is 0.481 e.